The Morgan fingerprint density at radius 2 is 1.92 bits per heavy atom. The van der Waals surface area contributed by atoms with Gasteiger partial charge in [0.2, 0.25) is 0 Å². The SMILES string of the molecule is CCNC(=NCC1CCN(C)C1)NCCc1cc(C)cc(C)c1.I. The van der Waals surface area contributed by atoms with Crippen molar-refractivity contribution < 1.29 is 0 Å². The van der Waals surface area contributed by atoms with E-state index in [2.05, 4.69) is 61.6 Å². The number of benzene rings is 1. The number of aliphatic imine (C=N–C) groups is 1. The van der Waals surface area contributed by atoms with Gasteiger partial charge in [-0.15, -0.1) is 24.0 Å². The Morgan fingerprint density at radius 3 is 2.50 bits per heavy atom. The Morgan fingerprint density at radius 1 is 1.21 bits per heavy atom. The van der Waals surface area contributed by atoms with Gasteiger partial charge in [0.05, 0.1) is 0 Å². The van der Waals surface area contributed by atoms with Gasteiger partial charge in [-0.3, -0.25) is 4.99 Å². The zero-order valence-electron chi connectivity index (χ0n) is 15.6. The number of guanidine groups is 1. The molecule has 1 saturated heterocycles. The quantitative estimate of drug-likeness (QED) is 0.403. The second-order valence-electron chi connectivity index (χ2n) is 6.81. The lowest BCUT2D eigenvalue weighted by molar-refractivity contribution is 0.397. The van der Waals surface area contributed by atoms with E-state index >= 15 is 0 Å². The van der Waals surface area contributed by atoms with Crippen LogP contribution >= 0.6 is 24.0 Å². The number of aryl methyl sites for hydroxylation is 2. The fourth-order valence-electron chi connectivity index (χ4n) is 3.28. The Balaban J connectivity index is 0.00000288. The molecule has 0 aromatic heterocycles. The Hall–Kier alpha value is -0.820. The summed E-state index contributed by atoms with van der Waals surface area (Å²) in [5.41, 5.74) is 4.07. The lowest BCUT2D eigenvalue weighted by atomic mass is 10.1. The first-order valence-corrected chi connectivity index (χ1v) is 8.84. The molecule has 0 radical (unpaired) electrons. The minimum absolute atomic E-state index is 0. The van der Waals surface area contributed by atoms with Gasteiger partial charge in [0.1, 0.15) is 0 Å². The van der Waals surface area contributed by atoms with Gasteiger partial charge >= 0.3 is 0 Å². The molecular formula is C19H33IN4. The minimum atomic E-state index is 0. The normalized spacial score (nSPS) is 18.3. The monoisotopic (exact) mass is 444 g/mol. The van der Waals surface area contributed by atoms with Crippen LogP contribution in [0.25, 0.3) is 0 Å². The fraction of sp³-hybridized carbons (Fsp3) is 0.632. The van der Waals surface area contributed by atoms with E-state index in [1.54, 1.807) is 0 Å². The summed E-state index contributed by atoms with van der Waals surface area (Å²) in [5, 5.41) is 6.82. The minimum Gasteiger partial charge on any atom is -0.357 e. The summed E-state index contributed by atoms with van der Waals surface area (Å²) in [7, 11) is 2.19. The summed E-state index contributed by atoms with van der Waals surface area (Å²) in [6.07, 6.45) is 2.29. The average molecular weight is 444 g/mol. The molecule has 1 unspecified atom stereocenters. The molecular weight excluding hydrogens is 411 g/mol. The number of hydrogen-bond donors (Lipinski definition) is 2. The van der Waals surface area contributed by atoms with Gasteiger partial charge in [-0.05, 0) is 58.7 Å². The van der Waals surface area contributed by atoms with Crippen LogP contribution in [0, 0.1) is 19.8 Å². The molecule has 5 heteroatoms. The molecule has 4 nitrogen and oxygen atoms in total. The zero-order valence-corrected chi connectivity index (χ0v) is 17.9. The molecule has 2 N–H and O–H groups in total. The number of halogens is 1. The van der Waals surface area contributed by atoms with Crippen LogP contribution in [0.2, 0.25) is 0 Å². The van der Waals surface area contributed by atoms with E-state index in [1.165, 1.54) is 36.2 Å². The first-order chi connectivity index (χ1) is 11.1. The van der Waals surface area contributed by atoms with Crippen molar-refractivity contribution in [3.05, 3.63) is 34.9 Å². The highest BCUT2D eigenvalue weighted by Gasteiger charge is 2.18. The lowest BCUT2D eigenvalue weighted by Gasteiger charge is -2.13. The number of likely N-dealkylation sites (tertiary alicyclic amines) is 1. The summed E-state index contributed by atoms with van der Waals surface area (Å²) >= 11 is 0. The highest BCUT2D eigenvalue weighted by molar-refractivity contribution is 14.0. The van der Waals surface area contributed by atoms with Gasteiger partial charge in [-0.25, -0.2) is 0 Å². The van der Waals surface area contributed by atoms with E-state index in [9.17, 15) is 0 Å². The van der Waals surface area contributed by atoms with E-state index < -0.39 is 0 Å². The third-order valence-electron chi connectivity index (χ3n) is 4.33. The van der Waals surface area contributed by atoms with E-state index in [0.717, 1.165) is 32.0 Å². The van der Waals surface area contributed by atoms with Crippen LogP contribution in [-0.2, 0) is 6.42 Å². The summed E-state index contributed by atoms with van der Waals surface area (Å²) < 4.78 is 0. The number of nitrogens with zero attached hydrogens (tertiary/aromatic N) is 2. The van der Waals surface area contributed by atoms with Crippen LogP contribution < -0.4 is 10.6 Å². The fourth-order valence-corrected chi connectivity index (χ4v) is 3.28. The first kappa shape index (κ1) is 21.2. The van der Waals surface area contributed by atoms with Crippen molar-refractivity contribution in [1.82, 2.24) is 15.5 Å². The van der Waals surface area contributed by atoms with Crippen LogP contribution in [0.1, 0.15) is 30.0 Å². The van der Waals surface area contributed by atoms with Crippen molar-refractivity contribution in [2.24, 2.45) is 10.9 Å². The molecule has 1 aliphatic heterocycles. The number of nitrogens with one attached hydrogen (secondary N) is 2. The van der Waals surface area contributed by atoms with E-state index in [1.807, 2.05) is 0 Å². The Bertz CT molecular complexity index is 510. The highest BCUT2D eigenvalue weighted by Crippen LogP contribution is 2.14. The van der Waals surface area contributed by atoms with Crippen molar-refractivity contribution in [3.8, 4) is 0 Å². The zero-order chi connectivity index (χ0) is 16.7. The molecule has 136 valence electrons. The summed E-state index contributed by atoms with van der Waals surface area (Å²) in [6, 6.07) is 6.77. The summed E-state index contributed by atoms with van der Waals surface area (Å²) in [6.45, 7) is 11.6. The maximum Gasteiger partial charge on any atom is 0.191 e. The summed E-state index contributed by atoms with van der Waals surface area (Å²) in [4.78, 5) is 7.15. The van der Waals surface area contributed by atoms with Crippen molar-refractivity contribution in [3.63, 3.8) is 0 Å². The molecule has 1 aromatic carbocycles. The van der Waals surface area contributed by atoms with Gasteiger partial charge in [-0.2, -0.15) is 0 Å². The number of rotatable bonds is 6. The van der Waals surface area contributed by atoms with Gasteiger partial charge in [0, 0.05) is 26.2 Å². The molecule has 1 aromatic rings. The second-order valence-corrected chi connectivity index (χ2v) is 6.81. The molecule has 1 heterocycles. The number of hydrogen-bond acceptors (Lipinski definition) is 2. The molecule has 1 fully saturated rings. The van der Waals surface area contributed by atoms with Gasteiger partial charge in [0.15, 0.2) is 5.96 Å². The Labute approximate surface area is 164 Å². The molecule has 2 rings (SSSR count). The van der Waals surface area contributed by atoms with Gasteiger partial charge < -0.3 is 15.5 Å². The van der Waals surface area contributed by atoms with Crippen molar-refractivity contribution in [2.45, 2.75) is 33.6 Å². The van der Waals surface area contributed by atoms with E-state index in [-0.39, 0.29) is 24.0 Å². The average Bonchev–Trinajstić information content (AvgIpc) is 2.89. The van der Waals surface area contributed by atoms with E-state index in [0.29, 0.717) is 5.92 Å². The molecule has 0 aliphatic carbocycles. The topological polar surface area (TPSA) is 39.7 Å². The molecule has 1 atom stereocenters. The predicted molar refractivity (Wildman–Crippen MR) is 115 cm³/mol. The maximum absolute atomic E-state index is 4.76. The molecule has 1 aliphatic rings. The first-order valence-electron chi connectivity index (χ1n) is 8.84. The van der Waals surface area contributed by atoms with Crippen LogP contribution in [0.15, 0.2) is 23.2 Å². The van der Waals surface area contributed by atoms with Crippen molar-refractivity contribution in [2.75, 3.05) is 39.8 Å². The molecule has 0 bridgehead atoms. The molecule has 0 spiro atoms. The third kappa shape index (κ3) is 7.38. The third-order valence-corrected chi connectivity index (χ3v) is 4.33. The lowest BCUT2D eigenvalue weighted by Crippen LogP contribution is -2.38. The van der Waals surface area contributed by atoms with E-state index in [4.69, 9.17) is 4.99 Å². The van der Waals surface area contributed by atoms with Crippen LogP contribution in [0.5, 0.6) is 0 Å². The van der Waals surface area contributed by atoms with Crippen molar-refractivity contribution in [1.29, 1.82) is 0 Å². The highest BCUT2D eigenvalue weighted by atomic mass is 127. The van der Waals surface area contributed by atoms with Gasteiger partial charge in [-0.1, -0.05) is 29.3 Å². The molecule has 0 amide bonds. The predicted octanol–water partition coefficient (Wildman–Crippen LogP) is 2.97. The van der Waals surface area contributed by atoms with Crippen LogP contribution in [-0.4, -0.2) is 50.6 Å². The molecule has 24 heavy (non-hydrogen) atoms. The van der Waals surface area contributed by atoms with Crippen LogP contribution in [0.4, 0.5) is 0 Å². The van der Waals surface area contributed by atoms with Crippen LogP contribution in [0.3, 0.4) is 0 Å². The second kappa shape index (κ2) is 10.9. The largest absolute Gasteiger partial charge is 0.357 e. The standard InChI is InChI=1S/C19H32N4.HI/c1-5-20-19(22-13-18-7-9-23(4)14-18)21-8-6-17-11-15(2)10-16(3)12-17;/h10-12,18H,5-9,13-14H2,1-4H3,(H2,20,21,22);1H. The van der Waals surface area contributed by atoms with Gasteiger partial charge in [0.25, 0.3) is 0 Å². The van der Waals surface area contributed by atoms with Crippen molar-refractivity contribution >= 4 is 29.9 Å². The Kier molecular flexibility index (Phi) is 9.66. The molecule has 0 saturated carbocycles. The maximum atomic E-state index is 4.76. The summed E-state index contributed by atoms with van der Waals surface area (Å²) in [5.74, 6) is 1.65. The smallest absolute Gasteiger partial charge is 0.191 e.